The molecule has 0 saturated heterocycles. The Morgan fingerprint density at radius 1 is 1.04 bits per heavy atom. The van der Waals surface area contributed by atoms with E-state index in [0.29, 0.717) is 18.9 Å². The number of benzene rings is 2. The van der Waals surface area contributed by atoms with Crippen LogP contribution in [0, 0.1) is 0 Å². The van der Waals surface area contributed by atoms with E-state index >= 15 is 0 Å². The van der Waals surface area contributed by atoms with E-state index in [-0.39, 0.29) is 0 Å². The number of methoxy groups -OCH3 is 2. The maximum Gasteiger partial charge on any atom is 0.194 e. The molecule has 27 heavy (non-hydrogen) atoms. The first-order chi connectivity index (χ1) is 13.2. The van der Waals surface area contributed by atoms with Gasteiger partial charge in [0.25, 0.3) is 0 Å². The zero-order valence-corrected chi connectivity index (χ0v) is 16.6. The average molecular weight is 371 g/mol. The van der Waals surface area contributed by atoms with E-state index in [4.69, 9.17) is 19.2 Å². The van der Waals surface area contributed by atoms with Crippen molar-refractivity contribution < 1.29 is 14.2 Å². The summed E-state index contributed by atoms with van der Waals surface area (Å²) in [5.74, 6) is 3.11. The summed E-state index contributed by atoms with van der Waals surface area (Å²) >= 11 is 0. The second kappa shape index (κ2) is 11.0. The van der Waals surface area contributed by atoms with Crippen molar-refractivity contribution in [2.24, 2.45) is 4.99 Å². The lowest BCUT2D eigenvalue weighted by molar-refractivity contribution is 0.281. The van der Waals surface area contributed by atoms with Crippen molar-refractivity contribution in [1.29, 1.82) is 0 Å². The number of guanidine groups is 1. The van der Waals surface area contributed by atoms with Gasteiger partial charge < -0.3 is 24.4 Å². The summed E-state index contributed by atoms with van der Waals surface area (Å²) in [6.45, 7) is 4.63. The standard InChI is InChI=1S/C21H29N3O3/c1-5-22-21(24(2)14-15-27-18-11-7-6-8-12-18)23-16-17-10-9-13-19(25-3)20(17)26-4/h6-13H,5,14-16H2,1-4H3,(H,22,23). The van der Waals surface area contributed by atoms with Crippen LogP contribution in [0.15, 0.2) is 53.5 Å². The number of likely N-dealkylation sites (N-methyl/N-ethyl adjacent to an activating group) is 1. The number of hydrogen-bond acceptors (Lipinski definition) is 4. The van der Waals surface area contributed by atoms with Gasteiger partial charge in [-0.1, -0.05) is 30.3 Å². The molecule has 0 aliphatic carbocycles. The SMILES string of the molecule is CCNC(=NCc1cccc(OC)c1OC)N(C)CCOc1ccccc1. The average Bonchev–Trinajstić information content (AvgIpc) is 2.71. The van der Waals surface area contributed by atoms with E-state index in [0.717, 1.165) is 36.1 Å². The third-order valence-corrected chi connectivity index (χ3v) is 4.02. The monoisotopic (exact) mass is 371 g/mol. The number of para-hydroxylation sites is 2. The second-order valence-corrected chi connectivity index (χ2v) is 5.91. The fraction of sp³-hybridized carbons (Fsp3) is 0.381. The Kier molecular flexibility index (Phi) is 8.29. The lowest BCUT2D eigenvalue weighted by Gasteiger charge is -2.22. The molecule has 2 aromatic carbocycles. The predicted molar refractivity (Wildman–Crippen MR) is 109 cm³/mol. The van der Waals surface area contributed by atoms with E-state index in [2.05, 4.69) is 17.1 Å². The van der Waals surface area contributed by atoms with E-state index in [1.165, 1.54) is 0 Å². The second-order valence-electron chi connectivity index (χ2n) is 5.91. The van der Waals surface area contributed by atoms with Gasteiger partial charge in [0.15, 0.2) is 17.5 Å². The van der Waals surface area contributed by atoms with E-state index in [1.54, 1.807) is 14.2 Å². The van der Waals surface area contributed by atoms with E-state index < -0.39 is 0 Å². The number of hydrogen-bond donors (Lipinski definition) is 1. The third kappa shape index (κ3) is 6.09. The summed E-state index contributed by atoms with van der Waals surface area (Å²) in [4.78, 5) is 6.79. The van der Waals surface area contributed by atoms with E-state index in [9.17, 15) is 0 Å². The molecular weight excluding hydrogens is 342 g/mol. The van der Waals surface area contributed by atoms with E-state index in [1.807, 2.05) is 55.6 Å². The Balaban J connectivity index is 2.00. The molecule has 0 amide bonds. The molecule has 0 spiro atoms. The minimum atomic E-state index is 0.493. The normalized spacial score (nSPS) is 11.0. The van der Waals surface area contributed by atoms with Gasteiger partial charge in [-0.2, -0.15) is 0 Å². The highest BCUT2D eigenvalue weighted by Gasteiger charge is 2.11. The van der Waals surface area contributed by atoms with Crippen LogP contribution in [0.2, 0.25) is 0 Å². The van der Waals surface area contributed by atoms with Crippen LogP contribution >= 0.6 is 0 Å². The first-order valence-electron chi connectivity index (χ1n) is 9.06. The van der Waals surface area contributed by atoms with Gasteiger partial charge in [-0.25, -0.2) is 4.99 Å². The lowest BCUT2D eigenvalue weighted by atomic mass is 10.2. The molecule has 0 aliphatic heterocycles. The summed E-state index contributed by atoms with van der Waals surface area (Å²) < 4.78 is 16.6. The van der Waals surface area contributed by atoms with Crippen molar-refractivity contribution in [1.82, 2.24) is 10.2 Å². The molecule has 0 aromatic heterocycles. The predicted octanol–water partition coefficient (Wildman–Crippen LogP) is 3.18. The fourth-order valence-corrected chi connectivity index (χ4v) is 2.63. The van der Waals surface area contributed by atoms with Crippen LogP contribution in [0.25, 0.3) is 0 Å². The van der Waals surface area contributed by atoms with Gasteiger partial charge in [0, 0.05) is 19.2 Å². The maximum absolute atomic E-state index is 5.77. The van der Waals surface area contributed by atoms with Crippen molar-refractivity contribution >= 4 is 5.96 Å². The Labute approximate surface area is 161 Å². The molecule has 0 fully saturated rings. The molecule has 146 valence electrons. The van der Waals surface area contributed by atoms with Crippen LogP contribution in [-0.2, 0) is 6.54 Å². The maximum atomic E-state index is 5.77. The minimum absolute atomic E-state index is 0.493. The molecule has 0 aliphatic rings. The molecule has 6 heteroatoms. The van der Waals surface area contributed by atoms with Gasteiger partial charge in [-0.15, -0.1) is 0 Å². The van der Waals surface area contributed by atoms with Crippen LogP contribution in [-0.4, -0.2) is 51.8 Å². The molecule has 0 atom stereocenters. The molecule has 6 nitrogen and oxygen atoms in total. The Hall–Kier alpha value is -2.89. The van der Waals surface area contributed by atoms with Crippen LogP contribution < -0.4 is 19.5 Å². The van der Waals surface area contributed by atoms with Gasteiger partial charge >= 0.3 is 0 Å². The highest BCUT2D eigenvalue weighted by atomic mass is 16.5. The van der Waals surface area contributed by atoms with Crippen LogP contribution in [0.5, 0.6) is 17.2 Å². The largest absolute Gasteiger partial charge is 0.493 e. The Morgan fingerprint density at radius 2 is 1.81 bits per heavy atom. The van der Waals surface area contributed by atoms with Gasteiger partial charge in [0.1, 0.15) is 12.4 Å². The fourth-order valence-electron chi connectivity index (χ4n) is 2.63. The minimum Gasteiger partial charge on any atom is -0.493 e. The first-order valence-corrected chi connectivity index (χ1v) is 9.06. The topological polar surface area (TPSA) is 55.3 Å². The van der Waals surface area contributed by atoms with Crippen molar-refractivity contribution in [3.05, 3.63) is 54.1 Å². The highest BCUT2D eigenvalue weighted by Crippen LogP contribution is 2.31. The molecule has 0 saturated carbocycles. The highest BCUT2D eigenvalue weighted by molar-refractivity contribution is 5.79. The quantitative estimate of drug-likeness (QED) is 0.542. The molecule has 0 heterocycles. The lowest BCUT2D eigenvalue weighted by Crippen LogP contribution is -2.40. The first kappa shape index (κ1) is 20.4. The molecule has 1 N–H and O–H groups in total. The summed E-state index contributed by atoms with van der Waals surface area (Å²) in [7, 11) is 5.28. The van der Waals surface area contributed by atoms with Gasteiger partial charge in [0.05, 0.1) is 27.3 Å². The van der Waals surface area contributed by atoms with Gasteiger partial charge in [-0.05, 0) is 25.1 Å². The molecule has 0 radical (unpaired) electrons. The Morgan fingerprint density at radius 3 is 2.48 bits per heavy atom. The number of nitrogens with one attached hydrogen (secondary N) is 1. The van der Waals surface area contributed by atoms with Crippen molar-refractivity contribution in [2.45, 2.75) is 13.5 Å². The summed E-state index contributed by atoms with van der Waals surface area (Å²) in [6, 6.07) is 15.6. The molecule has 0 bridgehead atoms. The number of rotatable bonds is 9. The molecule has 0 unspecified atom stereocenters. The molecular formula is C21H29N3O3. The van der Waals surface area contributed by atoms with Crippen molar-refractivity contribution in [3.63, 3.8) is 0 Å². The van der Waals surface area contributed by atoms with Gasteiger partial charge in [0.2, 0.25) is 0 Å². The zero-order valence-electron chi connectivity index (χ0n) is 16.6. The zero-order chi connectivity index (χ0) is 19.5. The van der Waals surface area contributed by atoms with Crippen molar-refractivity contribution in [3.8, 4) is 17.2 Å². The number of nitrogens with zero attached hydrogens (tertiary/aromatic N) is 2. The summed E-state index contributed by atoms with van der Waals surface area (Å²) in [5.41, 5.74) is 0.973. The third-order valence-electron chi connectivity index (χ3n) is 4.02. The van der Waals surface area contributed by atoms with Crippen molar-refractivity contribution in [2.75, 3.05) is 41.0 Å². The smallest absolute Gasteiger partial charge is 0.194 e. The molecule has 2 aromatic rings. The summed E-state index contributed by atoms with van der Waals surface area (Å²) in [6.07, 6.45) is 0. The Bertz CT molecular complexity index is 720. The summed E-state index contributed by atoms with van der Waals surface area (Å²) in [5, 5.41) is 3.32. The number of ether oxygens (including phenoxy) is 3. The van der Waals surface area contributed by atoms with Crippen LogP contribution in [0.1, 0.15) is 12.5 Å². The van der Waals surface area contributed by atoms with Crippen LogP contribution in [0.3, 0.4) is 0 Å². The van der Waals surface area contributed by atoms with Crippen LogP contribution in [0.4, 0.5) is 0 Å². The van der Waals surface area contributed by atoms with Gasteiger partial charge in [-0.3, -0.25) is 0 Å². The number of aliphatic imine (C=N–C) groups is 1. The molecule has 2 rings (SSSR count).